The summed E-state index contributed by atoms with van der Waals surface area (Å²) < 4.78 is 14.1. The van der Waals surface area contributed by atoms with Crippen molar-refractivity contribution in [1.29, 1.82) is 0 Å². The molecule has 0 atom stereocenters. The SMILES string of the molecule is O=C(c1cccc(O)c1)N1CCN(c2ccc([N+](=O)[O-])cc2F)CC1. The average Bonchev–Trinajstić information content (AvgIpc) is 2.61. The quantitative estimate of drug-likeness (QED) is 0.682. The number of nitro groups is 1. The van der Waals surface area contributed by atoms with Gasteiger partial charge >= 0.3 is 0 Å². The number of nitro benzene ring substituents is 1. The number of piperazine rings is 1. The first-order valence-corrected chi connectivity index (χ1v) is 7.73. The van der Waals surface area contributed by atoms with Gasteiger partial charge in [-0.1, -0.05) is 6.07 Å². The molecule has 8 heteroatoms. The average molecular weight is 345 g/mol. The summed E-state index contributed by atoms with van der Waals surface area (Å²) in [5.74, 6) is -0.820. The molecule has 2 aromatic carbocycles. The Hall–Kier alpha value is -3.16. The number of hydrogen-bond donors (Lipinski definition) is 1. The number of anilines is 1. The van der Waals surface area contributed by atoms with Gasteiger partial charge in [0.1, 0.15) is 5.75 Å². The summed E-state index contributed by atoms with van der Waals surface area (Å²) in [6, 6.07) is 9.69. The van der Waals surface area contributed by atoms with Gasteiger partial charge in [-0.2, -0.15) is 0 Å². The van der Waals surface area contributed by atoms with Gasteiger partial charge in [-0.25, -0.2) is 4.39 Å². The zero-order chi connectivity index (χ0) is 18.0. The summed E-state index contributed by atoms with van der Waals surface area (Å²) in [6.45, 7) is 1.62. The van der Waals surface area contributed by atoms with Crippen LogP contribution in [0.2, 0.25) is 0 Å². The number of hydrogen-bond acceptors (Lipinski definition) is 5. The van der Waals surface area contributed by atoms with Gasteiger partial charge in [0.15, 0.2) is 5.82 Å². The van der Waals surface area contributed by atoms with Gasteiger partial charge in [0.2, 0.25) is 0 Å². The smallest absolute Gasteiger partial charge is 0.272 e. The molecule has 0 bridgehead atoms. The number of phenols is 1. The fraction of sp³-hybridized carbons (Fsp3) is 0.235. The third kappa shape index (κ3) is 3.52. The lowest BCUT2D eigenvalue weighted by Crippen LogP contribution is -2.49. The Morgan fingerprint density at radius 3 is 2.44 bits per heavy atom. The van der Waals surface area contributed by atoms with E-state index in [9.17, 15) is 24.4 Å². The van der Waals surface area contributed by atoms with E-state index in [0.29, 0.717) is 31.7 Å². The summed E-state index contributed by atoms with van der Waals surface area (Å²) in [5, 5.41) is 20.2. The number of benzene rings is 2. The summed E-state index contributed by atoms with van der Waals surface area (Å²) in [7, 11) is 0. The number of rotatable bonds is 3. The first kappa shape index (κ1) is 16.7. The summed E-state index contributed by atoms with van der Waals surface area (Å²) >= 11 is 0. The largest absolute Gasteiger partial charge is 0.508 e. The van der Waals surface area contributed by atoms with Gasteiger partial charge in [-0.05, 0) is 24.3 Å². The molecular weight excluding hydrogens is 329 g/mol. The van der Waals surface area contributed by atoms with Crippen LogP contribution < -0.4 is 4.90 Å². The second-order valence-corrected chi connectivity index (χ2v) is 5.72. The van der Waals surface area contributed by atoms with Gasteiger partial charge in [0.05, 0.1) is 16.7 Å². The number of aromatic hydroxyl groups is 1. The molecule has 130 valence electrons. The van der Waals surface area contributed by atoms with Crippen LogP contribution in [0.3, 0.4) is 0 Å². The number of carbonyl (C=O) groups excluding carboxylic acids is 1. The van der Waals surface area contributed by atoms with Crippen LogP contribution in [0.15, 0.2) is 42.5 Å². The monoisotopic (exact) mass is 345 g/mol. The molecule has 0 spiro atoms. The highest BCUT2D eigenvalue weighted by Gasteiger charge is 2.24. The Balaban J connectivity index is 1.68. The molecule has 0 aliphatic carbocycles. The van der Waals surface area contributed by atoms with Crippen LogP contribution in [0.5, 0.6) is 5.75 Å². The van der Waals surface area contributed by atoms with E-state index in [-0.39, 0.29) is 23.0 Å². The van der Waals surface area contributed by atoms with Crippen molar-refractivity contribution in [3.8, 4) is 5.75 Å². The molecule has 0 aromatic heterocycles. The maximum Gasteiger partial charge on any atom is 0.272 e. The van der Waals surface area contributed by atoms with Crippen LogP contribution in [0.4, 0.5) is 15.8 Å². The predicted molar refractivity (Wildman–Crippen MR) is 89.3 cm³/mol. The van der Waals surface area contributed by atoms with Gasteiger partial charge in [-0.15, -0.1) is 0 Å². The van der Waals surface area contributed by atoms with Crippen molar-refractivity contribution in [1.82, 2.24) is 4.90 Å². The number of amides is 1. The second-order valence-electron chi connectivity index (χ2n) is 5.72. The fourth-order valence-corrected chi connectivity index (χ4v) is 2.84. The van der Waals surface area contributed by atoms with E-state index in [1.54, 1.807) is 21.9 Å². The Labute approximate surface area is 143 Å². The zero-order valence-corrected chi connectivity index (χ0v) is 13.3. The van der Waals surface area contributed by atoms with Crippen molar-refractivity contribution < 1.29 is 19.2 Å². The maximum atomic E-state index is 14.1. The molecule has 1 fully saturated rings. The molecule has 1 aliphatic heterocycles. The molecule has 0 radical (unpaired) electrons. The van der Waals surface area contributed by atoms with Crippen LogP contribution in [-0.2, 0) is 0 Å². The molecule has 2 aromatic rings. The maximum absolute atomic E-state index is 14.1. The minimum absolute atomic E-state index is 0.0254. The molecule has 1 heterocycles. The van der Waals surface area contributed by atoms with Crippen LogP contribution in [0, 0.1) is 15.9 Å². The van der Waals surface area contributed by atoms with Gasteiger partial charge < -0.3 is 14.9 Å². The van der Waals surface area contributed by atoms with Crippen molar-refractivity contribution in [3.05, 3.63) is 64.0 Å². The minimum Gasteiger partial charge on any atom is -0.508 e. The van der Waals surface area contributed by atoms with Gasteiger partial charge in [0, 0.05) is 37.8 Å². The predicted octanol–water partition coefficient (Wildman–Crippen LogP) is 2.40. The lowest BCUT2D eigenvalue weighted by Gasteiger charge is -2.36. The Bertz CT molecular complexity index is 819. The van der Waals surface area contributed by atoms with Crippen molar-refractivity contribution >= 4 is 17.3 Å². The number of phenolic OH excluding ortho intramolecular Hbond substituents is 1. The van der Waals surface area contributed by atoms with E-state index in [1.165, 1.54) is 24.3 Å². The second kappa shape index (κ2) is 6.76. The summed E-state index contributed by atoms with van der Waals surface area (Å²) in [4.78, 5) is 25.9. The van der Waals surface area contributed by atoms with E-state index in [2.05, 4.69) is 0 Å². The standard InChI is InChI=1S/C17H16FN3O4/c18-15-11-13(21(24)25)4-5-16(15)19-6-8-20(9-7-19)17(23)12-2-1-3-14(22)10-12/h1-5,10-11,22H,6-9H2. The zero-order valence-electron chi connectivity index (χ0n) is 13.3. The normalized spacial score (nSPS) is 14.4. The molecule has 3 rings (SSSR count). The Kier molecular flexibility index (Phi) is 4.51. The highest BCUT2D eigenvalue weighted by Crippen LogP contribution is 2.25. The Morgan fingerprint density at radius 2 is 1.84 bits per heavy atom. The molecule has 1 saturated heterocycles. The number of carbonyl (C=O) groups is 1. The molecule has 25 heavy (non-hydrogen) atoms. The fourth-order valence-electron chi connectivity index (χ4n) is 2.84. The molecule has 7 nitrogen and oxygen atoms in total. The molecule has 1 N–H and O–H groups in total. The minimum atomic E-state index is -0.651. The lowest BCUT2D eigenvalue weighted by atomic mass is 10.1. The van der Waals surface area contributed by atoms with E-state index in [4.69, 9.17) is 0 Å². The Morgan fingerprint density at radius 1 is 1.12 bits per heavy atom. The molecule has 0 unspecified atom stereocenters. The van der Waals surface area contributed by atoms with Crippen LogP contribution in [0.1, 0.15) is 10.4 Å². The van der Waals surface area contributed by atoms with Crippen molar-refractivity contribution in [2.75, 3.05) is 31.1 Å². The van der Waals surface area contributed by atoms with Crippen LogP contribution >= 0.6 is 0 Å². The molecule has 1 amide bonds. The number of non-ortho nitro benzene ring substituents is 1. The van der Waals surface area contributed by atoms with Crippen LogP contribution in [0.25, 0.3) is 0 Å². The lowest BCUT2D eigenvalue weighted by molar-refractivity contribution is -0.385. The van der Waals surface area contributed by atoms with E-state index >= 15 is 0 Å². The van der Waals surface area contributed by atoms with Gasteiger partial charge in [-0.3, -0.25) is 14.9 Å². The first-order valence-electron chi connectivity index (χ1n) is 7.73. The number of halogens is 1. The van der Waals surface area contributed by atoms with E-state index in [1.807, 2.05) is 0 Å². The first-order chi connectivity index (χ1) is 12.0. The molecular formula is C17H16FN3O4. The van der Waals surface area contributed by atoms with Crippen molar-refractivity contribution in [3.63, 3.8) is 0 Å². The topological polar surface area (TPSA) is 86.9 Å². The van der Waals surface area contributed by atoms with Crippen LogP contribution in [-0.4, -0.2) is 47.0 Å². The highest BCUT2D eigenvalue weighted by atomic mass is 19.1. The third-order valence-electron chi connectivity index (χ3n) is 4.14. The summed E-state index contributed by atoms with van der Waals surface area (Å²) in [6.07, 6.45) is 0. The molecule has 1 aliphatic rings. The highest BCUT2D eigenvalue weighted by molar-refractivity contribution is 5.94. The molecule has 0 saturated carbocycles. The van der Waals surface area contributed by atoms with E-state index in [0.717, 1.165) is 6.07 Å². The van der Waals surface area contributed by atoms with Gasteiger partial charge in [0.25, 0.3) is 11.6 Å². The number of nitrogens with zero attached hydrogens (tertiary/aromatic N) is 3. The van der Waals surface area contributed by atoms with E-state index < -0.39 is 10.7 Å². The summed E-state index contributed by atoms with van der Waals surface area (Å²) in [5.41, 5.74) is 0.393. The van der Waals surface area contributed by atoms with Crippen molar-refractivity contribution in [2.45, 2.75) is 0 Å². The van der Waals surface area contributed by atoms with Crippen molar-refractivity contribution in [2.24, 2.45) is 0 Å². The third-order valence-corrected chi connectivity index (χ3v) is 4.14.